The van der Waals surface area contributed by atoms with E-state index in [0.717, 1.165) is 12.0 Å². The van der Waals surface area contributed by atoms with Crippen LogP contribution in [0.2, 0.25) is 0 Å². The first-order chi connectivity index (χ1) is 13.8. The zero-order chi connectivity index (χ0) is 22.8. The van der Waals surface area contributed by atoms with Crippen molar-refractivity contribution in [2.75, 3.05) is 0 Å². The van der Waals surface area contributed by atoms with Crippen LogP contribution in [0, 0.1) is 5.92 Å². The Morgan fingerprint density at radius 1 is 1.15 bits per heavy atom. The average Bonchev–Trinajstić information content (AvgIpc) is 2.62. The Hall–Kier alpha value is -2.00. The second kappa shape index (κ2) is 8.79. The minimum Gasteiger partial charge on any atom is -0.479 e. The minimum atomic E-state index is -2.80. The van der Waals surface area contributed by atoms with Crippen molar-refractivity contribution in [3.05, 3.63) is 35.4 Å². The zero-order valence-electron chi connectivity index (χ0n) is 18.0. The number of benzene rings is 1. The Labute approximate surface area is 161 Å². The molecule has 0 spiro atoms. The van der Waals surface area contributed by atoms with Crippen molar-refractivity contribution in [3.63, 3.8) is 0 Å². The Morgan fingerprint density at radius 3 is 2.30 bits per heavy atom. The van der Waals surface area contributed by atoms with Crippen molar-refractivity contribution in [1.82, 2.24) is 0 Å². The lowest BCUT2D eigenvalue weighted by molar-refractivity contribution is -0.286. The van der Waals surface area contributed by atoms with Gasteiger partial charge in [0.2, 0.25) is 6.29 Å². The molecule has 1 fully saturated rings. The average molecular weight is 385 g/mol. The van der Waals surface area contributed by atoms with Crippen LogP contribution >= 0.6 is 0 Å². The Bertz CT molecular complexity index is 749. The number of carboxylic acid groups (broad SMARTS) is 1. The standard InChI is InChI=1S/C19H26O8/c1-9(2)8-11-4-6-12(7-5-11)10(3)18(25)27-19-15(22)13(20)14(21)16(26-19)17(23)24/h4-7,9-10,13-16,19-22H,8H2,1-3H3,(H,23,24)/i3D3. The molecule has 0 saturated carbocycles. The number of hydrogen-bond donors (Lipinski definition) is 4. The second-order valence-corrected chi connectivity index (χ2v) is 6.94. The van der Waals surface area contributed by atoms with Crippen molar-refractivity contribution in [1.29, 1.82) is 0 Å². The van der Waals surface area contributed by atoms with Crippen LogP contribution in [0.5, 0.6) is 0 Å². The highest BCUT2D eigenvalue weighted by atomic mass is 16.7. The lowest BCUT2D eigenvalue weighted by Gasteiger charge is -2.38. The number of aliphatic carboxylic acids is 1. The first-order valence-electron chi connectivity index (χ1n) is 10.0. The Kier molecular flexibility index (Phi) is 5.58. The normalized spacial score (nSPS) is 31.5. The molecule has 1 aliphatic rings. The van der Waals surface area contributed by atoms with Gasteiger partial charge in [-0.25, -0.2) is 4.79 Å². The molecule has 8 nitrogen and oxygen atoms in total. The van der Waals surface area contributed by atoms with E-state index in [1.807, 2.05) is 13.8 Å². The number of aliphatic hydroxyl groups is 3. The van der Waals surface area contributed by atoms with E-state index in [-0.39, 0.29) is 5.56 Å². The molecule has 0 aliphatic carbocycles. The van der Waals surface area contributed by atoms with Gasteiger partial charge < -0.3 is 29.9 Å². The number of hydrogen-bond acceptors (Lipinski definition) is 7. The third kappa shape index (κ3) is 5.04. The third-order valence-electron chi connectivity index (χ3n) is 4.24. The fourth-order valence-electron chi connectivity index (χ4n) is 2.79. The molecular formula is C19H26O8. The van der Waals surface area contributed by atoms with Gasteiger partial charge in [-0.05, 0) is 30.3 Å². The van der Waals surface area contributed by atoms with Crippen LogP contribution in [0.4, 0.5) is 0 Å². The van der Waals surface area contributed by atoms with Crippen molar-refractivity contribution >= 4 is 11.9 Å². The number of carboxylic acids is 1. The first kappa shape index (κ1) is 17.1. The van der Waals surface area contributed by atoms with E-state index >= 15 is 0 Å². The summed E-state index contributed by atoms with van der Waals surface area (Å²) in [6.45, 7) is 1.25. The quantitative estimate of drug-likeness (QED) is 0.518. The van der Waals surface area contributed by atoms with Gasteiger partial charge in [0.15, 0.2) is 6.10 Å². The highest BCUT2D eigenvalue weighted by Crippen LogP contribution is 2.25. The van der Waals surface area contributed by atoms with Crippen LogP contribution in [-0.2, 0) is 25.5 Å². The lowest BCUT2D eigenvalue weighted by atomic mass is 9.96. The molecule has 6 unspecified atom stereocenters. The molecule has 4 N–H and O–H groups in total. The summed E-state index contributed by atoms with van der Waals surface area (Å²) in [5, 5.41) is 38.6. The van der Waals surface area contributed by atoms with Crippen LogP contribution < -0.4 is 0 Å². The summed E-state index contributed by atoms with van der Waals surface area (Å²) < 4.78 is 33.0. The van der Waals surface area contributed by atoms with Gasteiger partial charge in [-0.3, -0.25) is 4.79 Å². The molecule has 1 heterocycles. The summed E-state index contributed by atoms with van der Waals surface area (Å²) in [6.07, 6.45) is -9.07. The molecule has 1 aliphatic heterocycles. The number of aliphatic hydroxyl groups excluding tert-OH is 3. The van der Waals surface area contributed by atoms with Gasteiger partial charge in [-0.1, -0.05) is 38.1 Å². The van der Waals surface area contributed by atoms with E-state index in [1.54, 1.807) is 12.1 Å². The largest absolute Gasteiger partial charge is 0.479 e. The summed E-state index contributed by atoms with van der Waals surface area (Å²) in [5.41, 5.74) is 1.10. The molecule has 8 heteroatoms. The summed E-state index contributed by atoms with van der Waals surface area (Å²) in [5.74, 6) is -4.28. The molecule has 0 aromatic heterocycles. The van der Waals surface area contributed by atoms with Crippen molar-refractivity contribution in [3.8, 4) is 0 Å². The lowest BCUT2D eigenvalue weighted by Crippen LogP contribution is -2.60. The van der Waals surface area contributed by atoms with Gasteiger partial charge in [0, 0.05) is 4.11 Å². The molecule has 1 aromatic carbocycles. The maximum Gasteiger partial charge on any atom is 0.335 e. The highest BCUT2D eigenvalue weighted by molar-refractivity contribution is 5.78. The number of rotatable bonds is 6. The van der Waals surface area contributed by atoms with Crippen LogP contribution in [0.3, 0.4) is 0 Å². The maximum atomic E-state index is 12.7. The van der Waals surface area contributed by atoms with Gasteiger partial charge >= 0.3 is 11.9 Å². The van der Waals surface area contributed by atoms with E-state index in [9.17, 15) is 24.9 Å². The van der Waals surface area contributed by atoms with E-state index in [1.165, 1.54) is 12.1 Å². The van der Waals surface area contributed by atoms with Crippen molar-refractivity contribution < 1.29 is 43.6 Å². The highest BCUT2D eigenvalue weighted by Gasteiger charge is 2.48. The number of carbonyl (C=O) groups is 2. The van der Waals surface area contributed by atoms with Crippen molar-refractivity contribution in [2.24, 2.45) is 5.92 Å². The number of carbonyl (C=O) groups excluding carboxylic acids is 1. The molecule has 6 atom stereocenters. The number of ether oxygens (including phenoxy) is 2. The number of esters is 1. The molecule has 0 radical (unpaired) electrons. The summed E-state index contributed by atoms with van der Waals surface area (Å²) in [6, 6.07) is 6.39. The molecule has 0 amide bonds. The van der Waals surface area contributed by atoms with Crippen molar-refractivity contribution in [2.45, 2.75) is 63.7 Å². The van der Waals surface area contributed by atoms with Gasteiger partial charge in [0.1, 0.15) is 18.3 Å². The Balaban J connectivity index is 2.24. The second-order valence-electron chi connectivity index (χ2n) is 6.94. The molecule has 150 valence electrons. The van der Waals surface area contributed by atoms with Crippen LogP contribution in [0.25, 0.3) is 0 Å². The molecular weight excluding hydrogens is 356 g/mol. The summed E-state index contributed by atoms with van der Waals surface area (Å²) in [7, 11) is 0. The maximum absolute atomic E-state index is 12.7. The Morgan fingerprint density at radius 2 is 1.78 bits per heavy atom. The molecule has 0 bridgehead atoms. The third-order valence-corrected chi connectivity index (χ3v) is 4.24. The summed E-state index contributed by atoms with van der Waals surface area (Å²) >= 11 is 0. The predicted molar refractivity (Wildman–Crippen MR) is 93.8 cm³/mol. The first-order valence-corrected chi connectivity index (χ1v) is 8.54. The van der Waals surface area contributed by atoms with E-state index in [2.05, 4.69) is 0 Å². The topological polar surface area (TPSA) is 134 Å². The van der Waals surface area contributed by atoms with E-state index < -0.39 is 55.4 Å². The predicted octanol–water partition coefficient (Wildman–Crippen LogP) is 0.424. The van der Waals surface area contributed by atoms with E-state index in [0.29, 0.717) is 5.92 Å². The van der Waals surface area contributed by atoms with E-state index in [4.69, 9.17) is 18.7 Å². The van der Waals surface area contributed by atoms with Crippen LogP contribution in [0.1, 0.15) is 41.9 Å². The molecule has 27 heavy (non-hydrogen) atoms. The fraction of sp³-hybridized carbons (Fsp3) is 0.579. The smallest absolute Gasteiger partial charge is 0.335 e. The van der Waals surface area contributed by atoms with Gasteiger partial charge in [-0.2, -0.15) is 0 Å². The van der Waals surface area contributed by atoms with Gasteiger partial charge in [-0.15, -0.1) is 0 Å². The molecule has 1 aromatic rings. The SMILES string of the molecule is [2H]C([2H])([2H])C(C(=O)OC1OC(C(=O)O)C(O)C(O)C1O)c1ccc(CC(C)C)cc1. The minimum absolute atomic E-state index is 0.146. The van der Waals surface area contributed by atoms with Gasteiger partial charge in [0.25, 0.3) is 0 Å². The monoisotopic (exact) mass is 385 g/mol. The zero-order valence-corrected chi connectivity index (χ0v) is 15.0. The van der Waals surface area contributed by atoms with Crippen LogP contribution in [0.15, 0.2) is 24.3 Å². The molecule has 1 saturated heterocycles. The van der Waals surface area contributed by atoms with Gasteiger partial charge in [0.05, 0.1) is 5.92 Å². The summed E-state index contributed by atoms with van der Waals surface area (Å²) in [4.78, 5) is 23.8. The fourth-order valence-corrected chi connectivity index (χ4v) is 2.79. The van der Waals surface area contributed by atoms with Crippen LogP contribution in [-0.4, -0.2) is 63.1 Å². The molecule has 2 rings (SSSR count).